The molecular formula is C12H16N4OS. The summed E-state index contributed by atoms with van der Waals surface area (Å²) in [5.74, 6) is 0.895. The predicted octanol–water partition coefficient (Wildman–Crippen LogP) is 2.38. The fourth-order valence-electron chi connectivity index (χ4n) is 2.89. The Balaban J connectivity index is 1.71. The molecule has 0 spiro atoms. The smallest absolute Gasteiger partial charge is 0.212 e. The maximum atomic E-state index is 5.70. The largest absolute Gasteiger partial charge is 0.370 e. The molecule has 0 radical (unpaired) electrons. The van der Waals surface area contributed by atoms with Crippen LogP contribution in [0.25, 0.3) is 0 Å². The lowest BCUT2D eigenvalue weighted by molar-refractivity contribution is 0.102. The molecule has 96 valence electrons. The molecule has 2 aliphatic heterocycles. The minimum absolute atomic E-state index is 0.0938. The van der Waals surface area contributed by atoms with Crippen molar-refractivity contribution in [3.63, 3.8) is 0 Å². The molecule has 5 nitrogen and oxygen atoms in total. The van der Waals surface area contributed by atoms with Crippen LogP contribution in [-0.2, 0) is 4.74 Å². The van der Waals surface area contributed by atoms with Crippen molar-refractivity contribution in [1.82, 2.24) is 14.9 Å². The summed E-state index contributed by atoms with van der Waals surface area (Å²) in [5, 5.41) is 14.8. The maximum Gasteiger partial charge on any atom is 0.212 e. The molecule has 0 unspecified atom stereocenters. The zero-order valence-corrected chi connectivity index (χ0v) is 11.0. The van der Waals surface area contributed by atoms with Crippen LogP contribution in [0.3, 0.4) is 0 Å². The Bertz CT molecular complexity index is 492. The molecule has 1 saturated carbocycles. The van der Waals surface area contributed by atoms with Crippen molar-refractivity contribution < 1.29 is 4.74 Å². The molecule has 1 saturated heterocycles. The van der Waals surface area contributed by atoms with Gasteiger partial charge in [-0.15, -0.1) is 10.2 Å². The molecule has 0 N–H and O–H groups in total. The first kappa shape index (κ1) is 11.0. The van der Waals surface area contributed by atoms with Gasteiger partial charge in [-0.1, -0.05) is 18.2 Å². The van der Waals surface area contributed by atoms with Gasteiger partial charge in [-0.05, 0) is 32.1 Å². The summed E-state index contributed by atoms with van der Waals surface area (Å²) in [6, 6.07) is 0. The van der Waals surface area contributed by atoms with E-state index < -0.39 is 0 Å². The normalized spacial score (nSPS) is 30.8. The molecule has 3 heterocycles. The summed E-state index contributed by atoms with van der Waals surface area (Å²) < 4.78 is 7.63. The maximum absolute atomic E-state index is 5.70. The van der Waals surface area contributed by atoms with Crippen LogP contribution in [0.1, 0.15) is 50.5 Å². The summed E-state index contributed by atoms with van der Waals surface area (Å²) in [6.07, 6.45) is 7.17. The van der Waals surface area contributed by atoms with Gasteiger partial charge in [0.05, 0.1) is 11.0 Å². The first-order chi connectivity index (χ1) is 8.92. The van der Waals surface area contributed by atoms with E-state index in [1.54, 1.807) is 0 Å². The lowest BCUT2D eigenvalue weighted by Crippen LogP contribution is -2.27. The SMILES string of the molecule is C1CC[C@H]2Sc3nnc([C@H]4CCCO4)n3N=C2C1. The molecule has 0 aromatic carbocycles. The zero-order chi connectivity index (χ0) is 11.9. The van der Waals surface area contributed by atoms with E-state index in [-0.39, 0.29) is 6.10 Å². The standard InChI is InChI=1S/C12H16N4OS/c1-2-6-10-8(4-1)15-16-11(9-5-3-7-17-9)13-14-12(16)18-10/h9-10H,1-7H2/t9-,10-/m1/s1. The molecule has 4 rings (SSSR count). The Kier molecular flexibility index (Phi) is 2.65. The number of ether oxygens (including phenoxy) is 1. The summed E-state index contributed by atoms with van der Waals surface area (Å²) in [6.45, 7) is 0.833. The monoisotopic (exact) mass is 264 g/mol. The Morgan fingerprint density at radius 1 is 1.17 bits per heavy atom. The van der Waals surface area contributed by atoms with Gasteiger partial charge < -0.3 is 4.74 Å². The first-order valence-corrected chi connectivity index (χ1v) is 7.61. The number of thioether (sulfide) groups is 1. The number of hydrogen-bond donors (Lipinski definition) is 0. The van der Waals surface area contributed by atoms with Crippen molar-refractivity contribution in [3.05, 3.63) is 5.82 Å². The van der Waals surface area contributed by atoms with Crippen LogP contribution in [0.4, 0.5) is 0 Å². The highest BCUT2D eigenvalue weighted by Gasteiger charge is 2.32. The third-order valence-corrected chi connectivity index (χ3v) is 5.11. The van der Waals surface area contributed by atoms with E-state index in [4.69, 9.17) is 9.84 Å². The number of fused-ring (bicyclic) bond motifs is 2. The summed E-state index contributed by atoms with van der Waals surface area (Å²) >= 11 is 1.82. The van der Waals surface area contributed by atoms with Crippen molar-refractivity contribution in [2.45, 2.75) is 55.0 Å². The van der Waals surface area contributed by atoms with Gasteiger partial charge in [0.1, 0.15) is 6.10 Å². The average molecular weight is 264 g/mol. The Morgan fingerprint density at radius 2 is 2.17 bits per heavy atom. The highest BCUT2D eigenvalue weighted by molar-refractivity contribution is 8.00. The molecular weight excluding hydrogens is 248 g/mol. The molecule has 2 atom stereocenters. The van der Waals surface area contributed by atoms with E-state index in [1.807, 2.05) is 16.4 Å². The van der Waals surface area contributed by atoms with Crippen molar-refractivity contribution in [2.75, 3.05) is 6.61 Å². The van der Waals surface area contributed by atoms with Crippen LogP contribution >= 0.6 is 11.8 Å². The van der Waals surface area contributed by atoms with E-state index in [1.165, 1.54) is 25.0 Å². The molecule has 2 fully saturated rings. The van der Waals surface area contributed by atoms with Gasteiger partial charge in [-0.25, -0.2) is 0 Å². The topological polar surface area (TPSA) is 52.3 Å². The number of rotatable bonds is 1. The Hall–Kier alpha value is -0.880. The molecule has 0 amide bonds. The van der Waals surface area contributed by atoms with E-state index in [0.29, 0.717) is 5.25 Å². The van der Waals surface area contributed by atoms with Crippen molar-refractivity contribution >= 4 is 17.5 Å². The second-order valence-electron chi connectivity index (χ2n) is 5.10. The average Bonchev–Trinajstić information content (AvgIpc) is 3.04. The summed E-state index contributed by atoms with van der Waals surface area (Å²) in [7, 11) is 0. The van der Waals surface area contributed by atoms with Crippen LogP contribution in [0, 0.1) is 0 Å². The highest BCUT2D eigenvalue weighted by Crippen LogP contribution is 2.37. The van der Waals surface area contributed by atoms with Gasteiger partial charge in [0.15, 0.2) is 5.82 Å². The van der Waals surface area contributed by atoms with E-state index in [2.05, 4.69) is 10.2 Å². The third-order valence-electron chi connectivity index (χ3n) is 3.85. The van der Waals surface area contributed by atoms with Gasteiger partial charge in [-0.3, -0.25) is 0 Å². The van der Waals surface area contributed by atoms with Crippen LogP contribution < -0.4 is 0 Å². The Morgan fingerprint density at radius 3 is 3.06 bits per heavy atom. The zero-order valence-electron chi connectivity index (χ0n) is 10.2. The van der Waals surface area contributed by atoms with Crippen LogP contribution in [0.5, 0.6) is 0 Å². The van der Waals surface area contributed by atoms with Gasteiger partial charge in [-0.2, -0.15) is 9.78 Å². The molecule has 6 heteroatoms. The van der Waals surface area contributed by atoms with Crippen LogP contribution in [0.2, 0.25) is 0 Å². The van der Waals surface area contributed by atoms with E-state index >= 15 is 0 Å². The number of nitrogens with zero attached hydrogens (tertiary/aromatic N) is 4. The van der Waals surface area contributed by atoms with Gasteiger partial charge in [0.2, 0.25) is 5.16 Å². The molecule has 18 heavy (non-hydrogen) atoms. The summed E-state index contributed by atoms with van der Waals surface area (Å²) in [4.78, 5) is 0. The van der Waals surface area contributed by atoms with E-state index in [9.17, 15) is 0 Å². The van der Waals surface area contributed by atoms with Gasteiger partial charge in [0.25, 0.3) is 0 Å². The van der Waals surface area contributed by atoms with Crippen LogP contribution in [-0.4, -0.2) is 32.4 Å². The summed E-state index contributed by atoms with van der Waals surface area (Å²) in [5.41, 5.74) is 1.32. The second-order valence-corrected chi connectivity index (χ2v) is 6.27. The molecule has 3 aliphatic rings. The van der Waals surface area contributed by atoms with Crippen LogP contribution in [0.15, 0.2) is 10.3 Å². The molecule has 0 bridgehead atoms. The van der Waals surface area contributed by atoms with E-state index in [0.717, 1.165) is 36.9 Å². The highest BCUT2D eigenvalue weighted by atomic mass is 32.2. The lowest BCUT2D eigenvalue weighted by atomic mass is 9.98. The minimum atomic E-state index is 0.0938. The first-order valence-electron chi connectivity index (χ1n) is 6.73. The predicted molar refractivity (Wildman–Crippen MR) is 68.9 cm³/mol. The van der Waals surface area contributed by atoms with Gasteiger partial charge >= 0.3 is 0 Å². The molecule has 1 aromatic heterocycles. The fraction of sp³-hybridized carbons (Fsp3) is 0.750. The molecule has 1 aliphatic carbocycles. The quantitative estimate of drug-likeness (QED) is 0.781. The molecule has 1 aromatic rings. The number of hydrogen-bond acceptors (Lipinski definition) is 5. The fourth-order valence-corrected chi connectivity index (χ4v) is 4.05. The van der Waals surface area contributed by atoms with Crippen molar-refractivity contribution in [3.8, 4) is 0 Å². The van der Waals surface area contributed by atoms with Crippen molar-refractivity contribution in [2.24, 2.45) is 5.10 Å². The third kappa shape index (κ3) is 1.70. The van der Waals surface area contributed by atoms with Gasteiger partial charge in [0, 0.05) is 6.61 Å². The lowest BCUT2D eigenvalue weighted by Gasteiger charge is -2.26. The second kappa shape index (κ2) is 4.35. The minimum Gasteiger partial charge on any atom is -0.370 e. The van der Waals surface area contributed by atoms with Crippen molar-refractivity contribution in [1.29, 1.82) is 0 Å². The Labute approximate surface area is 110 Å². The number of aromatic nitrogens is 3.